The van der Waals surface area contributed by atoms with Gasteiger partial charge in [0.25, 0.3) is 0 Å². The van der Waals surface area contributed by atoms with Crippen LogP contribution in [0, 0.1) is 5.41 Å². The highest BCUT2D eigenvalue weighted by molar-refractivity contribution is 5.85. The fourth-order valence-electron chi connectivity index (χ4n) is 1.83. The van der Waals surface area contributed by atoms with Crippen molar-refractivity contribution < 1.29 is 9.53 Å². The van der Waals surface area contributed by atoms with Crippen molar-refractivity contribution in [3.63, 3.8) is 0 Å². The molecular formula is C11H21ClN2O2. The molecule has 1 aliphatic carbocycles. The lowest BCUT2D eigenvalue weighted by Gasteiger charge is -2.29. The van der Waals surface area contributed by atoms with E-state index in [2.05, 4.69) is 17.6 Å². The Balaban J connectivity index is 0.00000128. The maximum Gasteiger partial charge on any atom is 0.239 e. The van der Waals surface area contributed by atoms with Gasteiger partial charge in [-0.1, -0.05) is 6.92 Å². The predicted octanol–water partition coefficient (Wildman–Crippen LogP) is 0.701. The Kier molecular flexibility index (Phi) is 4.59. The summed E-state index contributed by atoms with van der Waals surface area (Å²) in [6.45, 7) is 6.41. The molecule has 2 N–H and O–H groups in total. The third kappa shape index (κ3) is 3.34. The van der Waals surface area contributed by atoms with E-state index in [0.717, 1.165) is 13.1 Å². The molecule has 0 aromatic carbocycles. The number of carbonyl (C=O) groups excluding carboxylic acids is 1. The number of carbonyl (C=O) groups is 1. The van der Waals surface area contributed by atoms with Crippen molar-refractivity contribution in [1.82, 2.24) is 10.6 Å². The third-order valence-electron chi connectivity index (χ3n) is 3.39. The number of halogens is 1. The minimum absolute atomic E-state index is 0. The van der Waals surface area contributed by atoms with Crippen LogP contribution in [0.5, 0.6) is 0 Å². The van der Waals surface area contributed by atoms with Crippen LogP contribution >= 0.6 is 12.4 Å². The summed E-state index contributed by atoms with van der Waals surface area (Å²) in [5, 5.41) is 6.19. The lowest BCUT2D eigenvalue weighted by Crippen LogP contribution is -2.56. The van der Waals surface area contributed by atoms with Crippen molar-refractivity contribution in [2.75, 3.05) is 19.7 Å². The number of ether oxygens (including phenoxy) is 1. The molecule has 1 saturated heterocycles. The molecule has 2 fully saturated rings. The normalized spacial score (nSPS) is 31.4. The summed E-state index contributed by atoms with van der Waals surface area (Å²) < 4.78 is 5.44. The predicted molar refractivity (Wildman–Crippen MR) is 64.8 cm³/mol. The molecule has 2 rings (SSSR count). The number of nitrogens with one attached hydrogen (secondary N) is 2. The maximum atomic E-state index is 11.8. The standard InChI is InChI=1S/C11H20N2O2.ClH/c1-8-9(12-5-6-15-8)10(14)13-7-11(2)3-4-11;/h8-9,12H,3-7H2,1-2H3,(H,13,14);1H/t8-,9+;/m1./s1. The molecule has 1 aliphatic heterocycles. The molecule has 1 saturated carbocycles. The Hall–Kier alpha value is -0.320. The third-order valence-corrected chi connectivity index (χ3v) is 3.39. The van der Waals surface area contributed by atoms with Crippen LogP contribution in [0.25, 0.3) is 0 Å². The highest BCUT2D eigenvalue weighted by Crippen LogP contribution is 2.44. The van der Waals surface area contributed by atoms with E-state index in [-0.39, 0.29) is 30.5 Å². The summed E-state index contributed by atoms with van der Waals surface area (Å²) in [4.78, 5) is 11.8. The number of rotatable bonds is 3. The summed E-state index contributed by atoms with van der Waals surface area (Å²) in [5.74, 6) is 0.0790. The van der Waals surface area contributed by atoms with Crippen LogP contribution in [0.3, 0.4) is 0 Å². The fourth-order valence-corrected chi connectivity index (χ4v) is 1.83. The first-order valence-corrected chi connectivity index (χ1v) is 5.73. The van der Waals surface area contributed by atoms with Gasteiger partial charge in [-0.2, -0.15) is 0 Å². The minimum atomic E-state index is -0.180. The Morgan fingerprint density at radius 2 is 2.25 bits per heavy atom. The number of amides is 1. The average molecular weight is 249 g/mol. The summed E-state index contributed by atoms with van der Waals surface area (Å²) in [6.07, 6.45) is 2.44. The van der Waals surface area contributed by atoms with Crippen LogP contribution in [0.1, 0.15) is 26.7 Å². The molecular weight excluding hydrogens is 228 g/mol. The van der Waals surface area contributed by atoms with Crippen LogP contribution < -0.4 is 10.6 Å². The SMILES string of the molecule is C[C@H]1OCCN[C@@H]1C(=O)NCC1(C)CC1.Cl. The molecule has 0 radical (unpaired) electrons. The number of hydrogen-bond donors (Lipinski definition) is 2. The van der Waals surface area contributed by atoms with Crippen LogP contribution in [-0.2, 0) is 9.53 Å². The second-order valence-electron chi connectivity index (χ2n) is 5.04. The molecule has 0 unspecified atom stereocenters. The lowest BCUT2D eigenvalue weighted by molar-refractivity contribution is -0.129. The van der Waals surface area contributed by atoms with Gasteiger partial charge in [0.2, 0.25) is 5.91 Å². The minimum Gasteiger partial charge on any atom is -0.375 e. The molecule has 1 heterocycles. The average Bonchev–Trinajstić information content (AvgIpc) is 2.95. The van der Waals surface area contributed by atoms with Gasteiger partial charge in [-0.3, -0.25) is 4.79 Å². The van der Waals surface area contributed by atoms with Crippen LogP contribution in [0.4, 0.5) is 0 Å². The molecule has 2 atom stereocenters. The number of hydrogen-bond acceptors (Lipinski definition) is 3. The van der Waals surface area contributed by atoms with Crippen LogP contribution in [0.2, 0.25) is 0 Å². The smallest absolute Gasteiger partial charge is 0.239 e. The second-order valence-corrected chi connectivity index (χ2v) is 5.04. The van der Waals surface area contributed by atoms with E-state index in [1.807, 2.05) is 6.92 Å². The van der Waals surface area contributed by atoms with E-state index in [0.29, 0.717) is 12.0 Å². The van der Waals surface area contributed by atoms with E-state index in [1.165, 1.54) is 12.8 Å². The van der Waals surface area contributed by atoms with Gasteiger partial charge >= 0.3 is 0 Å². The van der Waals surface area contributed by atoms with E-state index >= 15 is 0 Å². The molecule has 0 spiro atoms. The summed E-state index contributed by atoms with van der Waals surface area (Å²) in [7, 11) is 0. The molecule has 1 amide bonds. The fraction of sp³-hybridized carbons (Fsp3) is 0.909. The molecule has 2 aliphatic rings. The largest absolute Gasteiger partial charge is 0.375 e. The van der Waals surface area contributed by atoms with Gasteiger partial charge in [-0.25, -0.2) is 0 Å². The highest BCUT2D eigenvalue weighted by Gasteiger charge is 2.38. The van der Waals surface area contributed by atoms with Gasteiger partial charge < -0.3 is 15.4 Å². The Morgan fingerprint density at radius 3 is 2.81 bits per heavy atom. The van der Waals surface area contributed by atoms with E-state index < -0.39 is 0 Å². The van der Waals surface area contributed by atoms with Crippen molar-refractivity contribution >= 4 is 18.3 Å². The van der Waals surface area contributed by atoms with E-state index in [4.69, 9.17) is 4.74 Å². The van der Waals surface area contributed by atoms with Crippen molar-refractivity contribution in [3.8, 4) is 0 Å². The zero-order chi connectivity index (χ0) is 10.9. The Labute approximate surface area is 103 Å². The summed E-state index contributed by atoms with van der Waals surface area (Å²) in [6, 6.07) is -0.180. The lowest BCUT2D eigenvalue weighted by atomic mass is 10.1. The van der Waals surface area contributed by atoms with Crippen molar-refractivity contribution in [3.05, 3.63) is 0 Å². The zero-order valence-corrected chi connectivity index (χ0v) is 10.7. The molecule has 0 aromatic heterocycles. The van der Waals surface area contributed by atoms with Crippen LogP contribution in [-0.4, -0.2) is 37.7 Å². The number of morpholine rings is 1. The molecule has 0 bridgehead atoms. The van der Waals surface area contributed by atoms with E-state index in [9.17, 15) is 4.79 Å². The summed E-state index contributed by atoms with van der Waals surface area (Å²) in [5.41, 5.74) is 0.369. The van der Waals surface area contributed by atoms with Gasteiger partial charge in [-0.05, 0) is 25.2 Å². The van der Waals surface area contributed by atoms with E-state index in [1.54, 1.807) is 0 Å². The first-order chi connectivity index (χ1) is 7.11. The van der Waals surface area contributed by atoms with Gasteiger partial charge in [0.15, 0.2) is 0 Å². The maximum absolute atomic E-state index is 11.8. The molecule has 0 aromatic rings. The van der Waals surface area contributed by atoms with Crippen LogP contribution in [0.15, 0.2) is 0 Å². The summed E-state index contributed by atoms with van der Waals surface area (Å²) >= 11 is 0. The Bertz CT molecular complexity index is 256. The topological polar surface area (TPSA) is 50.4 Å². The van der Waals surface area contributed by atoms with Crippen molar-refractivity contribution in [2.24, 2.45) is 5.41 Å². The molecule has 5 heteroatoms. The molecule has 16 heavy (non-hydrogen) atoms. The van der Waals surface area contributed by atoms with Crippen molar-refractivity contribution in [2.45, 2.75) is 38.8 Å². The molecule has 4 nitrogen and oxygen atoms in total. The van der Waals surface area contributed by atoms with Gasteiger partial charge in [-0.15, -0.1) is 12.4 Å². The first kappa shape index (κ1) is 13.7. The molecule has 94 valence electrons. The second kappa shape index (κ2) is 5.34. The highest BCUT2D eigenvalue weighted by atomic mass is 35.5. The van der Waals surface area contributed by atoms with Gasteiger partial charge in [0.05, 0.1) is 12.7 Å². The first-order valence-electron chi connectivity index (χ1n) is 5.73. The monoisotopic (exact) mass is 248 g/mol. The zero-order valence-electron chi connectivity index (χ0n) is 9.91. The van der Waals surface area contributed by atoms with Gasteiger partial charge in [0, 0.05) is 13.1 Å². The van der Waals surface area contributed by atoms with Gasteiger partial charge in [0.1, 0.15) is 6.04 Å². The Morgan fingerprint density at radius 1 is 1.56 bits per heavy atom. The quantitative estimate of drug-likeness (QED) is 0.773. The van der Waals surface area contributed by atoms with Crippen molar-refractivity contribution in [1.29, 1.82) is 0 Å².